The van der Waals surface area contributed by atoms with E-state index in [1.54, 1.807) is 29.1 Å². The Morgan fingerprint density at radius 1 is 1.44 bits per heavy atom. The number of nitrogens with one attached hydrogen (secondary N) is 1. The fraction of sp³-hybridized carbons (Fsp3) is 0.250. The van der Waals surface area contributed by atoms with E-state index in [4.69, 9.17) is 11.6 Å². The van der Waals surface area contributed by atoms with E-state index in [9.17, 15) is 4.79 Å². The molecule has 0 saturated carbocycles. The molecule has 0 atom stereocenters. The molecule has 1 N–H and O–H groups in total. The van der Waals surface area contributed by atoms with Crippen molar-refractivity contribution in [2.45, 2.75) is 19.9 Å². The van der Waals surface area contributed by atoms with Gasteiger partial charge in [-0.2, -0.15) is 5.10 Å². The normalized spacial score (nSPS) is 10.3. The molecule has 0 aliphatic heterocycles. The number of halogens is 1. The highest BCUT2D eigenvalue weighted by Gasteiger charge is 2.12. The molecule has 0 aliphatic rings. The minimum atomic E-state index is -0.226. The average Bonchev–Trinajstić information content (AvgIpc) is 2.81. The summed E-state index contributed by atoms with van der Waals surface area (Å²) < 4.78 is 1.67. The Morgan fingerprint density at radius 3 is 2.94 bits per heavy atom. The molecule has 2 aromatic rings. The number of carbonyl (C=O) groups is 1. The minimum absolute atomic E-state index is 0.226. The lowest BCUT2D eigenvalue weighted by Crippen LogP contribution is -2.18. The zero-order valence-corrected chi connectivity index (χ0v) is 10.7. The molecule has 0 bridgehead atoms. The molecule has 1 amide bonds. The second-order valence-electron chi connectivity index (χ2n) is 3.76. The molecule has 5 nitrogen and oxygen atoms in total. The van der Waals surface area contributed by atoms with Gasteiger partial charge in [0, 0.05) is 18.9 Å². The second-order valence-corrected chi connectivity index (χ2v) is 4.19. The molecule has 0 fully saturated rings. The molecule has 0 radical (unpaired) electrons. The first-order valence-corrected chi connectivity index (χ1v) is 6.03. The van der Waals surface area contributed by atoms with Gasteiger partial charge in [0.2, 0.25) is 0 Å². The summed E-state index contributed by atoms with van der Waals surface area (Å²) in [6.07, 6.45) is 4.02. The van der Waals surface area contributed by atoms with Gasteiger partial charge in [-0.25, -0.2) is 4.98 Å². The Labute approximate surface area is 110 Å². The van der Waals surface area contributed by atoms with Crippen molar-refractivity contribution >= 4 is 23.3 Å². The van der Waals surface area contributed by atoms with E-state index in [-0.39, 0.29) is 5.91 Å². The van der Waals surface area contributed by atoms with Crippen molar-refractivity contribution in [1.29, 1.82) is 0 Å². The van der Waals surface area contributed by atoms with E-state index in [0.717, 1.165) is 6.42 Å². The highest BCUT2D eigenvalue weighted by Crippen LogP contribution is 2.11. The van der Waals surface area contributed by atoms with E-state index in [1.165, 1.54) is 6.20 Å². The van der Waals surface area contributed by atoms with Gasteiger partial charge in [-0.3, -0.25) is 9.48 Å². The molecular weight excluding hydrogens is 252 g/mol. The number of hydrogen-bond donors (Lipinski definition) is 1. The number of aromatic nitrogens is 3. The molecule has 2 heterocycles. The molecule has 0 unspecified atom stereocenters. The lowest BCUT2D eigenvalue weighted by Gasteiger charge is -2.06. The van der Waals surface area contributed by atoms with Crippen LogP contribution in [0.2, 0.25) is 5.02 Å². The van der Waals surface area contributed by atoms with E-state index >= 15 is 0 Å². The van der Waals surface area contributed by atoms with Gasteiger partial charge in [-0.1, -0.05) is 18.5 Å². The Kier molecular flexibility index (Phi) is 3.94. The maximum atomic E-state index is 12.0. The van der Waals surface area contributed by atoms with Crippen molar-refractivity contribution in [2.24, 2.45) is 0 Å². The Balaban J connectivity index is 2.11. The molecule has 2 rings (SSSR count). The van der Waals surface area contributed by atoms with Gasteiger partial charge in [0.25, 0.3) is 5.91 Å². The standard InChI is InChI=1S/C12H13ClN4O/c1-2-7-17-10(5-6-15-17)12(18)16-11-4-3-9(13)8-14-11/h3-6,8H,2,7H2,1H3,(H,14,16,18). The topological polar surface area (TPSA) is 59.8 Å². The van der Waals surface area contributed by atoms with Crippen LogP contribution in [0.3, 0.4) is 0 Å². The van der Waals surface area contributed by atoms with Crippen LogP contribution in [-0.4, -0.2) is 20.7 Å². The van der Waals surface area contributed by atoms with E-state index < -0.39 is 0 Å². The van der Waals surface area contributed by atoms with E-state index in [2.05, 4.69) is 15.4 Å². The van der Waals surface area contributed by atoms with Crippen molar-refractivity contribution < 1.29 is 4.79 Å². The molecular formula is C12H13ClN4O. The van der Waals surface area contributed by atoms with Crippen molar-refractivity contribution in [3.63, 3.8) is 0 Å². The van der Waals surface area contributed by atoms with Crippen LogP contribution < -0.4 is 5.32 Å². The molecule has 6 heteroatoms. The lowest BCUT2D eigenvalue weighted by molar-refractivity contribution is 0.101. The van der Waals surface area contributed by atoms with Gasteiger partial charge in [-0.05, 0) is 24.6 Å². The monoisotopic (exact) mass is 264 g/mol. The number of carbonyl (C=O) groups excluding carboxylic acids is 1. The van der Waals surface area contributed by atoms with Crippen LogP contribution in [0.5, 0.6) is 0 Å². The fourth-order valence-corrected chi connectivity index (χ4v) is 1.66. The van der Waals surface area contributed by atoms with Gasteiger partial charge < -0.3 is 5.32 Å². The van der Waals surface area contributed by atoms with Gasteiger partial charge >= 0.3 is 0 Å². The Bertz CT molecular complexity index is 535. The molecule has 0 spiro atoms. The number of aryl methyl sites for hydroxylation is 1. The van der Waals surface area contributed by atoms with Gasteiger partial charge in [-0.15, -0.1) is 0 Å². The molecule has 0 saturated heterocycles. The molecule has 0 aromatic carbocycles. The zero-order chi connectivity index (χ0) is 13.0. The summed E-state index contributed by atoms with van der Waals surface area (Å²) in [5, 5.41) is 7.33. The smallest absolute Gasteiger partial charge is 0.275 e. The average molecular weight is 265 g/mol. The van der Waals surface area contributed by atoms with Crippen LogP contribution in [0.4, 0.5) is 5.82 Å². The fourth-order valence-electron chi connectivity index (χ4n) is 1.55. The highest BCUT2D eigenvalue weighted by atomic mass is 35.5. The number of anilines is 1. The Hall–Kier alpha value is -1.88. The third-order valence-corrected chi connectivity index (χ3v) is 2.58. The van der Waals surface area contributed by atoms with Crippen LogP contribution in [-0.2, 0) is 6.54 Å². The van der Waals surface area contributed by atoms with Crippen molar-refractivity contribution in [3.05, 3.63) is 41.3 Å². The van der Waals surface area contributed by atoms with Gasteiger partial charge in [0.1, 0.15) is 11.5 Å². The number of rotatable bonds is 4. The largest absolute Gasteiger partial charge is 0.305 e. The summed E-state index contributed by atoms with van der Waals surface area (Å²) in [6.45, 7) is 2.74. The number of nitrogens with zero attached hydrogens (tertiary/aromatic N) is 3. The maximum Gasteiger partial charge on any atom is 0.275 e. The van der Waals surface area contributed by atoms with Crippen LogP contribution in [0.15, 0.2) is 30.6 Å². The second kappa shape index (κ2) is 5.64. The number of pyridine rings is 1. The van der Waals surface area contributed by atoms with Crippen LogP contribution in [0.25, 0.3) is 0 Å². The first-order chi connectivity index (χ1) is 8.70. The zero-order valence-electron chi connectivity index (χ0n) is 9.93. The number of amides is 1. The predicted molar refractivity (Wildman–Crippen MR) is 69.7 cm³/mol. The SMILES string of the molecule is CCCn1nccc1C(=O)Nc1ccc(Cl)cn1. The first-order valence-electron chi connectivity index (χ1n) is 5.65. The summed E-state index contributed by atoms with van der Waals surface area (Å²) in [6, 6.07) is 5.01. The van der Waals surface area contributed by atoms with E-state index in [0.29, 0.717) is 23.1 Å². The minimum Gasteiger partial charge on any atom is -0.305 e. The van der Waals surface area contributed by atoms with Gasteiger partial charge in [0.05, 0.1) is 5.02 Å². The van der Waals surface area contributed by atoms with Crippen LogP contribution >= 0.6 is 11.6 Å². The summed E-state index contributed by atoms with van der Waals surface area (Å²) in [4.78, 5) is 16.0. The summed E-state index contributed by atoms with van der Waals surface area (Å²) in [7, 11) is 0. The molecule has 18 heavy (non-hydrogen) atoms. The quantitative estimate of drug-likeness (QED) is 0.923. The maximum absolute atomic E-state index is 12.0. The van der Waals surface area contributed by atoms with Crippen LogP contribution in [0.1, 0.15) is 23.8 Å². The third kappa shape index (κ3) is 2.87. The van der Waals surface area contributed by atoms with Crippen molar-refractivity contribution in [2.75, 3.05) is 5.32 Å². The summed E-state index contributed by atoms with van der Waals surface area (Å²) in [5.74, 6) is 0.240. The predicted octanol–water partition coefficient (Wildman–Crippen LogP) is 2.59. The van der Waals surface area contributed by atoms with Gasteiger partial charge in [0.15, 0.2) is 0 Å². The van der Waals surface area contributed by atoms with Crippen molar-refractivity contribution in [1.82, 2.24) is 14.8 Å². The summed E-state index contributed by atoms with van der Waals surface area (Å²) in [5.41, 5.74) is 0.522. The molecule has 0 aliphatic carbocycles. The Morgan fingerprint density at radius 2 is 2.28 bits per heavy atom. The van der Waals surface area contributed by atoms with Crippen LogP contribution in [0, 0.1) is 0 Å². The first kappa shape index (κ1) is 12.6. The summed E-state index contributed by atoms with van der Waals surface area (Å²) >= 11 is 5.72. The third-order valence-electron chi connectivity index (χ3n) is 2.35. The van der Waals surface area contributed by atoms with Crippen molar-refractivity contribution in [3.8, 4) is 0 Å². The lowest BCUT2D eigenvalue weighted by atomic mass is 10.3. The molecule has 2 aromatic heterocycles. The van der Waals surface area contributed by atoms with E-state index in [1.807, 2.05) is 6.92 Å². The highest BCUT2D eigenvalue weighted by molar-refractivity contribution is 6.30. The number of hydrogen-bond acceptors (Lipinski definition) is 3. The molecule has 94 valence electrons.